The summed E-state index contributed by atoms with van der Waals surface area (Å²) in [6.45, 7) is 4.93. The van der Waals surface area contributed by atoms with E-state index in [0.717, 1.165) is 13.0 Å². The largest absolute Gasteiger partial charge is 0.345 e. The van der Waals surface area contributed by atoms with Gasteiger partial charge in [-0.15, -0.1) is 0 Å². The molecule has 3 nitrogen and oxygen atoms in total. The van der Waals surface area contributed by atoms with Crippen LogP contribution in [0.4, 0.5) is 0 Å². The Morgan fingerprint density at radius 3 is 2.67 bits per heavy atom. The molecule has 0 aliphatic rings. The molecule has 0 bridgehead atoms. The minimum Gasteiger partial charge on any atom is -0.345 e. The van der Waals surface area contributed by atoms with Gasteiger partial charge in [0.25, 0.3) is 0 Å². The van der Waals surface area contributed by atoms with Crippen molar-refractivity contribution in [1.82, 2.24) is 4.90 Å². The second-order valence-corrected chi connectivity index (χ2v) is 3.12. The Bertz CT molecular complexity index is 183. The molecule has 0 aromatic rings. The molecular weight excluding hydrogens is 152 g/mol. The topological polar surface area (TPSA) is 44.1 Å². The number of rotatable bonds is 4. The molecule has 0 radical (unpaired) electrons. The summed E-state index contributed by atoms with van der Waals surface area (Å²) in [5.41, 5.74) is 0. The number of hydrogen-bond acceptors (Lipinski definition) is 2. The van der Waals surface area contributed by atoms with E-state index in [1.807, 2.05) is 6.07 Å². The lowest BCUT2D eigenvalue weighted by Crippen LogP contribution is -2.30. The van der Waals surface area contributed by atoms with Crippen LogP contribution in [0, 0.1) is 17.2 Å². The van der Waals surface area contributed by atoms with Crippen molar-refractivity contribution >= 4 is 5.91 Å². The van der Waals surface area contributed by atoms with Crippen molar-refractivity contribution in [2.45, 2.75) is 26.7 Å². The highest BCUT2D eigenvalue weighted by Gasteiger charge is 2.09. The molecule has 0 aliphatic heterocycles. The van der Waals surface area contributed by atoms with E-state index in [0.29, 0.717) is 5.92 Å². The first-order valence-electron chi connectivity index (χ1n) is 4.22. The number of nitrogens with zero attached hydrogens (tertiary/aromatic N) is 2. The predicted octanol–water partition coefficient (Wildman–Crippen LogP) is 1.40. The minimum absolute atomic E-state index is 0.00701. The summed E-state index contributed by atoms with van der Waals surface area (Å²) < 4.78 is 0. The maximum Gasteiger partial charge on any atom is 0.236 e. The molecule has 0 aromatic carbocycles. The van der Waals surface area contributed by atoms with Crippen LogP contribution in [0.25, 0.3) is 0 Å². The van der Waals surface area contributed by atoms with E-state index < -0.39 is 0 Å². The lowest BCUT2D eigenvalue weighted by molar-refractivity contribution is -0.129. The molecule has 0 aliphatic carbocycles. The Kier molecular flexibility index (Phi) is 5.11. The van der Waals surface area contributed by atoms with Gasteiger partial charge in [0.1, 0.15) is 6.42 Å². The van der Waals surface area contributed by atoms with E-state index in [4.69, 9.17) is 5.26 Å². The number of nitriles is 1. The molecule has 1 atom stereocenters. The van der Waals surface area contributed by atoms with Crippen molar-refractivity contribution in [2.24, 2.45) is 5.92 Å². The summed E-state index contributed by atoms with van der Waals surface area (Å²) in [5.74, 6) is 0.426. The molecule has 68 valence electrons. The van der Waals surface area contributed by atoms with Crippen LogP contribution in [0.3, 0.4) is 0 Å². The molecule has 1 amide bonds. The van der Waals surface area contributed by atoms with Crippen LogP contribution >= 0.6 is 0 Å². The Morgan fingerprint density at radius 2 is 2.25 bits per heavy atom. The quantitative estimate of drug-likeness (QED) is 0.637. The number of hydrogen-bond donors (Lipinski definition) is 0. The van der Waals surface area contributed by atoms with Crippen molar-refractivity contribution in [3.63, 3.8) is 0 Å². The van der Waals surface area contributed by atoms with Gasteiger partial charge in [0.2, 0.25) is 5.91 Å². The molecule has 0 spiro atoms. The predicted molar refractivity (Wildman–Crippen MR) is 47.3 cm³/mol. The van der Waals surface area contributed by atoms with Crippen molar-refractivity contribution in [3.05, 3.63) is 0 Å². The third-order valence-corrected chi connectivity index (χ3v) is 1.94. The van der Waals surface area contributed by atoms with Gasteiger partial charge in [-0.3, -0.25) is 4.79 Å². The van der Waals surface area contributed by atoms with Gasteiger partial charge in [0.15, 0.2) is 0 Å². The van der Waals surface area contributed by atoms with Crippen LogP contribution < -0.4 is 0 Å². The van der Waals surface area contributed by atoms with Crippen LogP contribution in [0.2, 0.25) is 0 Å². The summed E-state index contributed by atoms with van der Waals surface area (Å²) in [6, 6.07) is 1.85. The number of carbonyl (C=O) groups excluding carboxylic acids is 1. The summed E-state index contributed by atoms with van der Waals surface area (Å²) in [6.07, 6.45) is 1.05. The smallest absolute Gasteiger partial charge is 0.236 e. The monoisotopic (exact) mass is 168 g/mol. The standard InChI is InChI=1S/C9H16N2O/c1-4-8(2)7-11(3)9(12)5-6-10/h8H,4-5,7H2,1-3H3. The van der Waals surface area contributed by atoms with Gasteiger partial charge in [0.05, 0.1) is 6.07 Å². The maximum atomic E-state index is 11.1. The molecular formula is C9H16N2O. The Morgan fingerprint density at radius 1 is 1.67 bits per heavy atom. The summed E-state index contributed by atoms with van der Waals surface area (Å²) in [4.78, 5) is 12.7. The van der Waals surface area contributed by atoms with Crippen molar-refractivity contribution < 1.29 is 4.79 Å². The highest BCUT2D eigenvalue weighted by molar-refractivity contribution is 5.77. The zero-order valence-corrected chi connectivity index (χ0v) is 8.00. The Balaban J connectivity index is 3.80. The zero-order chi connectivity index (χ0) is 9.56. The molecule has 0 heterocycles. The van der Waals surface area contributed by atoms with Gasteiger partial charge in [-0.05, 0) is 5.92 Å². The highest BCUT2D eigenvalue weighted by atomic mass is 16.2. The van der Waals surface area contributed by atoms with E-state index >= 15 is 0 Å². The van der Waals surface area contributed by atoms with Gasteiger partial charge >= 0.3 is 0 Å². The highest BCUT2D eigenvalue weighted by Crippen LogP contribution is 2.03. The van der Waals surface area contributed by atoms with Crippen LogP contribution in [0.1, 0.15) is 26.7 Å². The van der Waals surface area contributed by atoms with Crippen LogP contribution in [-0.4, -0.2) is 24.4 Å². The van der Waals surface area contributed by atoms with Crippen LogP contribution in [0.5, 0.6) is 0 Å². The van der Waals surface area contributed by atoms with Gasteiger partial charge in [-0.1, -0.05) is 20.3 Å². The molecule has 0 aromatic heterocycles. The molecule has 0 saturated carbocycles. The minimum atomic E-state index is -0.0854. The van der Waals surface area contributed by atoms with Gasteiger partial charge in [-0.25, -0.2) is 0 Å². The molecule has 0 N–H and O–H groups in total. The fourth-order valence-corrected chi connectivity index (χ4v) is 0.901. The fourth-order valence-electron chi connectivity index (χ4n) is 0.901. The molecule has 1 unspecified atom stereocenters. The molecule has 0 rings (SSSR count). The van der Waals surface area contributed by atoms with E-state index in [1.165, 1.54) is 0 Å². The fraction of sp³-hybridized carbons (Fsp3) is 0.778. The van der Waals surface area contributed by atoms with E-state index in [9.17, 15) is 4.79 Å². The normalized spacial score (nSPS) is 11.8. The molecule has 12 heavy (non-hydrogen) atoms. The van der Waals surface area contributed by atoms with Crippen molar-refractivity contribution in [3.8, 4) is 6.07 Å². The average molecular weight is 168 g/mol. The Labute approximate surface area is 74.0 Å². The number of amides is 1. The average Bonchev–Trinajstić information content (AvgIpc) is 2.04. The van der Waals surface area contributed by atoms with E-state index in [1.54, 1.807) is 11.9 Å². The molecule has 0 fully saturated rings. The van der Waals surface area contributed by atoms with Gasteiger partial charge in [0, 0.05) is 13.6 Å². The zero-order valence-electron chi connectivity index (χ0n) is 8.00. The first-order valence-corrected chi connectivity index (χ1v) is 4.22. The lowest BCUT2D eigenvalue weighted by atomic mass is 10.1. The second-order valence-electron chi connectivity index (χ2n) is 3.12. The molecule has 3 heteroatoms. The third kappa shape index (κ3) is 3.97. The maximum absolute atomic E-state index is 11.1. The van der Waals surface area contributed by atoms with Crippen molar-refractivity contribution in [2.75, 3.05) is 13.6 Å². The summed E-state index contributed by atoms with van der Waals surface area (Å²) in [5, 5.41) is 8.28. The number of carbonyl (C=O) groups is 1. The SMILES string of the molecule is CCC(C)CN(C)C(=O)CC#N. The second kappa shape index (κ2) is 5.59. The first-order chi connectivity index (χ1) is 5.61. The van der Waals surface area contributed by atoms with Crippen molar-refractivity contribution in [1.29, 1.82) is 5.26 Å². The van der Waals surface area contributed by atoms with Crippen LogP contribution in [0.15, 0.2) is 0 Å². The first kappa shape index (κ1) is 11.0. The third-order valence-electron chi connectivity index (χ3n) is 1.94. The van der Waals surface area contributed by atoms with E-state index in [-0.39, 0.29) is 12.3 Å². The van der Waals surface area contributed by atoms with Gasteiger partial charge < -0.3 is 4.90 Å². The van der Waals surface area contributed by atoms with E-state index in [2.05, 4.69) is 13.8 Å². The summed E-state index contributed by atoms with van der Waals surface area (Å²) >= 11 is 0. The van der Waals surface area contributed by atoms with Gasteiger partial charge in [-0.2, -0.15) is 5.26 Å². The summed E-state index contributed by atoms with van der Waals surface area (Å²) in [7, 11) is 1.74. The molecule has 0 saturated heterocycles. The van der Waals surface area contributed by atoms with Crippen LogP contribution in [-0.2, 0) is 4.79 Å². The lowest BCUT2D eigenvalue weighted by Gasteiger charge is -2.19. The Hall–Kier alpha value is -1.04.